The van der Waals surface area contributed by atoms with E-state index in [1.807, 2.05) is 55.5 Å². The molecule has 0 bridgehead atoms. The summed E-state index contributed by atoms with van der Waals surface area (Å²) in [6, 6.07) is 13.1. The van der Waals surface area contributed by atoms with Crippen LogP contribution in [0.4, 0.5) is 5.69 Å². The molecule has 2 aromatic rings. The summed E-state index contributed by atoms with van der Waals surface area (Å²) in [6.07, 6.45) is 1.84. The van der Waals surface area contributed by atoms with Crippen molar-refractivity contribution in [2.24, 2.45) is 4.99 Å². The first-order valence-corrected chi connectivity index (χ1v) is 9.94. The number of aliphatic imine (C=N–C) groups is 1. The van der Waals surface area contributed by atoms with Gasteiger partial charge < -0.3 is 9.47 Å². The Hall–Kier alpha value is -2.25. The molecule has 27 heavy (non-hydrogen) atoms. The van der Waals surface area contributed by atoms with E-state index in [9.17, 15) is 4.79 Å². The molecule has 0 unspecified atom stereocenters. The van der Waals surface area contributed by atoms with Crippen molar-refractivity contribution in [3.05, 3.63) is 57.4 Å². The maximum atomic E-state index is 12.8. The number of likely N-dealkylation sites (N-methyl/N-ethyl adjacent to an activating group) is 1. The second-order valence-corrected chi connectivity index (χ2v) is 7.56. The zero-order valence-electron chi connectivity index (χ0n) is 15.2. The molecule has 2 aromatic carbocycles. The van der Waals surface area contributed by atoms with Crippen molar-refractivity contribution >= 4 is 50.5 Å². The minimum Gasteiger partial charge on any atom is -0.497 e. The van der Waals surface area contributed by atoms with Crippen LogP contribution in [-0.2, 0) is 4.79 Å². The highest BCUT2D eigenvalue weighted by atomic mass is 79.9. The Morgan fingerprint density at radius 2 is 1.89 bits per heavy atom. The monoisotopic (exact) mass is 446 g/mol. The van der Waals surface area contributed by atoms with Crippen molar-refractivity contribution in [2.75, 3.05) is 20.8 Å². The number of ether oxygens (including phenoxy) is 2. The molecule has 140 valence electrons. The first kappa shape index (κ1) is 19.5. The highest BCUT2D eigenvalue weighted by Crippen LogP contribution is 2.36. The van der Waals surface area contributed by atoms with Crippen molar-refractivity contribution in [2.45, 2.75) is 6.92 Å². The fourth-order valence-electron chi connectivity index (χ4n) is 2.60. The van der Waals surface area contributed by atoms with Crippen LogP contribution in [0, 0.1) is 0 Å². The van der Waals surface area contributed by atoms with Crippen LogP contribution in [0.3, 0.4) is 0 Å². The lowest BCUT2D eigenvalue weighted by molar-refractivity contribution is -0.122. The number of benzene rings is 2. The molecule has 1 fully saturated rings. The standard InChI is InChI=1S/C20H19BrN2O3S/c1-4-23-19(24)18(12-13-11-14(21)5-10-17(13)26-3)27-20(23)22-15-6-8-16(25-2)9-7-15/h5-12H,4H2,1-3H3/b18-12+,22-20?. The Morgan fingerprint density at radius 3 is 2.52 bits per heavy atom. The average molecular weight is 447 g/mol. The predicted octanol–water partition coefficient (Wildman–Crippen LogP) is 5.09. The van der Waals surface area contributed by atoms with E-state index in [1.54, 1.807) is 19.1 Å². The van der Waals surface area contributed by atoms with E-state index in [-0.39, 0.29) is 5.91 Å². The average Bonchev–Trinajstić information content (AvgIpc) is 2.97. The molecule has 0 spiro atoms. The molecule has 3 rings (SSSR count). The second kappa shape index (κ2) is 8.63. The first-order valence-electron chi connectivity index (χ1n) is 8.33. The van der Waals surface area contributed by atoms with Crippen LogP contribution in [0.15, 0.2) is 56.8 Å². The number of methoxy groups -OCH3 is 2. The second-order valence-electron chi connectivity index (χ2n) is 5.64. The van der Waals surface area contributed by atoms with Gasteiger partial charge in [-0.15, -0.1) is 0 Å². The summed E-state index contributed by atoms with van der Waals surface area (Å²) in [5.74, 6) is 1.42. The van der Waals surface area contributed by atoms with Crippen molar-refractivity contribution in [3.63, 3.8) is 0 Å². The van der Waals surface area contributed by atoms with Gasteiger partial charge in [0.2, 0.25) is 0 Å². The van der Waals surface area contributed by atoms with Gasteiger partial charge in [0.25, 0.3) is 5.91 Å². The molecule has 0 atom stereocenters. The Labute approximate surface area is 171 Å². The molecule has 7 heteroatoms. The van der Waals surface area contributed by atoms with Gasteiger partial charge in [0.1, 0.15) is 11.5 Å². The molecule has 0 aliphatic carbocycles. The van der Waals surface area contributed by atoms with E-state index in [0.29, 0.717) is 22.4 Å². The third kappa shape index (κ3) is 4.36. The van der Waals surface area contributed by atoms with E-state index >= 15 is 0 Å². The summed E-state index contributed by atoms with van der Waals surface area (Å²) in [7, 11) is 3.24. The lowest BCUT2D eigenvalue weighted by Gasteiger charge is -2.12. The van der Waals surface area contributed by atoms with Crippen LogP contribution in [0.1, 0.15) is 12.5 Å². The van der Waals surface area contributed by atoms with Gasteiger partial charge in [0.05, 0.1) is 24.8 Å². The summed E-state index contributed by atoms with van der Waals surface area (Å²) >= 11 is 4.82. The first-order chi connectivity index (χ1) is 13.0. The summed E-state index contributed by atoms with van der Waals surface area (Å²) < 4.78 is 11.5. The number of halogens is 1. The minimum atomic E-state index is -0.0585. The largest absolute Gasteiger partial charge is 0.497 e. The molecule has 1 aliphatic heterocycles. The van der Waals surface area contributed by atoms with Gasteiger partial charge in [0, 0.05) is 16.6 Å². The number of carbonyl (C=O) groups is 1. The topological polar surface area (TPSA) is 51.1 Å². The normalized spacial score (nSPS) is 17.0. The predicted molar refractivity (Wildman–Crippen MR) is 114 cm³/mol. The lowest BCUT2D eigenvalue weighted by atomic mass is 10.2. The number of amidine groups is 1. The van der Waals surface area contributed by atoms with Gasteiger partial charge in [-0.25, -0.2) is 4.99 Å². The van der Waals surface area contributed by atoms with Crippen LogP contribution >= 0.6 is 27.7 Å². The number of carbonyl (C=O) groups excluding carboxylic acids is 1. The summed E-state index contributed by atoms with van der Waals surface area (Å²) in [4.78, 5) is 19.7. The molecular formula is C20H19BrN2O3S. The molecule has 0 radical (unpaired) electrons. The van der Waals surface area contributed by atoms with E-state index in [1.165, 1.54) is 11.8 Å². The molecule has 1 heterocycles. The summed E-state index contributed by atoms with van der Waals surface area (Å²) in [6.45, 7) is 2.48. The van der Waals surface area contributed by atoms with E-state index in [2.05, 4.69) is 20.9 Å². The van der Waals surface area contributed by atoms with Crippen molar-refractivity contribution in [1.29, 1.82) is 0 Å². The third-order valence-corrected chi connectivity index (χ3v) is 5.48. The molecule has 0 aromatic heterocycles. The van der Waals surface area contributed by atoms with E-state index in [4.69, 9.17) is 9.47 Å². The Kier molecular flexibility index (Phi) is 6.23. The highest BCUT2D eigenvalue weighted by molar-refractivity contribution is 9.10. The Morgan fingerprint density at radius 1 is 1.15 bits per heavy atom. The highest BCUT2D eigenvalue weighted by Gasteiger charge is 2.32. The SMILES string of the molecule is CCN1C(=O)/C(=C\c2cc(Br)ccc2OC)SC1=Nc1ccc(OC)cc1. The fourth-order valence-corrected chi connectivity index (χ4v) is 4.03. The molecule has 0 N–H and O–H groups in total. The lowest BCUT2D eigenvalue weighted by Crippen LogP contribution is -2.28. The van der Waals surface area contributed by atoms with Crippen molar-refractivity contribution < 1.29 is 14.3 Å². The van der Waals surface area contributed by atoms with E-state index < -0.39 is 0 Å². The summed E-state index contributed by atoms with van der Waals surface area (Å²) in [5, 5.41) is 0.660. The van der Waals surface area contributed by atoms with Gasteiger partial charge in [-0.05, 0) is 67.2 Å². The maximum Gasteiger partial charge on any atom is 0.266 e. The van der Waals surface area contributed by atoms with Gasteiger partial charge in [-0.2, -0.15) is 0 Å². The van der Waals surface area contributed by atoms with Crippen LogP contribution in [0.25, 0.3) is 6.08 Å². The zero-order valence-corrected chi connectivity index (χ0v) is 17.6. The van der Waals surface area contributed by atoms with Gasteiger partial charge in [0.15, 0.2) is 5.17 Å². The third-order valence-electron chi connectivity index (χ3n) is 3.98. The molecule has 1 saturated heterocycles. The minimum absolute atomic E-state index is 0.0585. The van der Waals surface area contributed by atoms with Crippen LogP contribution in [0.5, 0.6) is 11.5 Å². The van der Waals surface area contributed by atoms with Crippen LogP contribution in [-0.4, -0.2) is 36.7 Å². The number of thioether (sulfide) groups is 1. The fraction of sp³-hybridized carbons (Fsp3) is 0.200. The maximum absolute atomic E-state index is 12.8. The van der Waals surface area contributed by atoms with Crippen LogP contribution < -0.4 is 9.47 Å². The molecule has 1 amide bonds. The number of amides is 1. The smallest absolute Gasteiger partial charge is 0.266 e. The Bertz CT molecular complexity index is 910. The molecular weight excluding hydrogens is 428 g/mol. The van der Waals surface area contributed by atoms with Gasteiger partial charge in [-0.1, -0.05) is 15.9 Å². The molecule has 1 aliphatic rings. The van der Waals surface area contributed by atoms with Crippen LogP contribution in [0.2, 0.25) is 0 Å². The van der Waals surface area contributed by atoms with Crippen molar-refractivity contribution in [3.8, 4) is 11.5 Å². The Balaban J connectivity index is 1.94. The number of nitrogens with zero attached hydrogens (tertiary/aromatic N) is 2. The quantitative estimate of drug-likeness (QED) is 0.600. The molecule has 0 saturated carbocycles. The number of hydrogen-bond donors (Lipinski definition) is 0. The number of rotatable bonds is 5. The zero-order chi connectivity index (χ0) is 19.4. The number of hydrogen-bond acceptors (Lipinski definition) is 5. The van der Waals surface area contributed by atoms with E-state index in [0.717, 1.165) is 21.5 Å². The summed E-state index contributed by atoms with van der Waals surface area (Å²) in [5.41, 5.74) is 1.61. The van der Waals surface area contributed by atoms with Gasteiger partial charge in [-0.3, -0.25) is 9.69 Å². The van der Waals surface area contributed by atoms with Gasteiger partial charge >= 0.3 is 0 Å². The van der Waals surface area contributed by atoms with Crippen molar-refractivity contribution in [1.82, 2.24) is 4.90 Å². The molecule has 5 nitrogen and oxygen atoms in total.